The van der Waals surface area contributed by atoms with Gasteiger partial charge in [-0.3, -0.25) is 5.32 Å². The first-order valence-corrected chi connectivity index (χ1v) is 4.42. The van der Waals surface area contributed by atoms with E-state index in [0.29, 0.717) is 6.54 Å². The van der Waals surface area contributed by atoms with Crippen LogP contribution in [0, 0.1) is 12.3 Å². The van der Waals surface area contributed by atoms with E-state index in [1.807, 2.05) is 30.3 Å². The molecule has 0 amide bonds. The second kappa shape index (κ2) is 5.98. The third-order valence-corrected chi connectivity index (χ3v) is 1.76. The van der Waals surface area contributed by atoms with Crippen molar-refractivity contribution in [3.05, 3.63) is 48.0 Å². The van der Waals surface area contributed by atoms with E-state index >= 15 is 0 Å². The molecule has 14 heavy (non-hydrogen) atoms. The summed E-state index contributed by atoms with van der Waals surface area (Å²) >= 11 is 0. The molecule has 0 heterocycles. The maximum absolute atomic E-state index is 9.62. The molecule has 1 aromatic rings. The summed E-state index contributed by atoms with van der Waals surface area (Å²) in [6.07, 6.45) is 7.78. The molecule has 0 fully saturated rings. The van der Waals surface area contributed by atoms with Crippen LogP contribution in [0.3, 0.4) is 0 Å². The first kappa shape index (κ1) is 10.5. The number of aliphatic hydroxyl groups excluding tert-OH is 1. The highest BCUT2D eigenvalue weighted by molar-refractivity contribution is 5.17. The Morgan fingerprint density at radius 3 is 2.79 bits per heavy atom. The molecule has 0 aliphatic carbocycles. The predicted molar refractivity (Wildman–Crippen MR) is 57.4 cm³/mol. The largest absolute Gasteiger partial charge is 0.374 e. The summed E-state index contributed by atoms with van der Waals surface area (Å²) in [7, 11) is 0. The average Bonchev–Trinajstić information content (AvgIpc) is 2.25. The standard InChI is InChI=1S/C12H13NO/c1-2-3-7-10-13-12(14)11-8-5-4-6-9-11/h1,3-9,12-14H,10H2/b7-3-. The lowest BCUT2D eigenvalue weighted by Gasteiger charge is -2.10. The molecular weight excluding hydrogens is 174 g/mol. The summed E-state index contributed by atoms with van der Waals surface area (Å²) in [5.41, 5.74) is 0.849. The van der Waals surface area contributed by atoms with Crippen LogP contribution in [0.4, 0.5) is 0 Å². The molecule has 0 aliphatic heterocycles. The Balaban J connectivity index is 2.40. The SMILES string of the molecule is C#C/C=C\CNC(O)c1ccccc1. The third kappa shape index (κ3) is 3.44. The number of hydrogen-bond donors (Lipinski definition) is 2. The number of benzene rings is 1. The summed E-state index contributed by atoms with van der Waals surface area (Å²) < 4.78 is 0. The number of hydrogen-bond acceptors (Lipinski definition) is 2. The van der Waals surface area contributed by atoms with E-state index < -0.39 is 6.23 Å². The summed E-state index contributed by atoms with van der Waals surface area (Å²) in [5.74, 6) is 2.38. The van der Waals surface area contributed by atoms with Crippen molar-refractivity contribution in [1.82, 2.24) is 5.32 Å². The maximum Gasteiger partial charge on any atom is 0.131 e. The number of rotatable bonds is 4. The fraction of sp³-hybridized carbons (Fsp3) is 0.167. The fourth-order valence-electron chi connectivity index (χ4n) is 1.06. The van der Waals surface area contributed by atoms with Gasteiger partial charge < -0.3 is 5.11 Å². The zero-order chi connectivity index (χ0) is 10.2. The molecule has 2 nitrogen and oxygen atoms in total. The van der Waals surface area contributed by atoms with E-state index in [0.717, 1.165) is 5.56 Å². The van der Waals surface area contributed by atoms with Gasteiger partial charge in [-0.15, -0.1) is 6.42 Å². The molecule has 0 aliphatic rings. The van der Waals surface area contributed by atoms with Gasteiger partial charge in [0, 0.05) is 6.54 Å². The lowest BCUT2D eigenvalue weighted by molar-refractivity contribution is 0.144. The smallest absolute Gasteiger partial charge is 0.131 e. The minimum absolute atomic E-state index is 0.556. The van der Waals surface area contributed by atoms with Crippen molar-refractivity contribution in [2.24, 2.45) is 0 Å². The van der Waals surface area contributed by atoms with Crippen LogP contribution >= 0.6 is 0 Å². The van der Waals surface area contributed by atoms with Gasteiger partial charge in [0.1, 0.15) is 6.23 Å². The van der Waals surface area contributed by atoms with Crippen LogP contribution in [-0.2, 0) is 0 Å². The first-order chi connectivity index (χ1) is 6.84. The van der Waals surface area contributed by atoms with Gasteiger partial charge in [0.2, 0.25) is 0 Å². The highest BCUT2D eigenvalue weighted by Gasteiger charge is 2.02. The van der Waals surface area contributed by atoms with Crippen LogP contribution in [0.1, 0.15) is 11.8 Å². The van der Waals surface area contributed by atoms with E-state index in [1.54, 1.807) is 12.2 Å². The van der Waals surface area contributed by atoms with Gasteiger partial charge in [-0.25, -0.2) is 0 Å². The molecule has 72 valence electrons. The van der Waals surface area contributed by atoms with E-state index in [4.69, 9.17) is 6.42 Å². The highest BCUT2D eigenvalue weighted by Crippen LogP contribution is 2.07. The molecule has 0 aromatic heterocycles. The van der Waals surface area contributed by atoms with Crippen molar-refractivity contribution < 1.29 is 5.11 Å². The van der Waals surface area contributed by atoms with Crippen molar-refractivity contribution in [2.75, 3.05) is 6.54 Å². The van der Waals surface area contributed by atoms with E-state index in [9.17, 15) is 5.11 Å². The zero-order valence-corrected chi connectivity index (χ0v) is 7.85. The van der Waals surface area contributed by atoms with Crippen LogP contribution in [0.2, 0.25) is 0 Å². The molecule has 0 spiro atoms. The molecule has 2 heteroatoms. The quantitative estimate of drug-likeness (QED) is 0.552. The molecule has 0 saturated carbocycles. The van der Waals surface area contributed by atoms with Gasteiger partial charge in [0.25, 0.3) is 0 Å². The maximum atomic E-state index is 9.62. The van der Waals surface area contributed by atoms with Gasteiger partial charge in [0.15, 0.2) is 0 Å². The van der Waals surface area contributed by atoms with Crippen LogP contribution in [0.15, 0.2) is 42.5 Å². The van der Waals surface area contributed by atoms with Crippen molar-refractivity contribution in [3.63, 3.8) is 0 Å². The Bertz CT molecular complexity index is 324. The number of terminal acetylenes is 1. The van der Waals surface area contributed by atoms with Crippen LogP contribution in [-0.4, -0.2) is 11.7 Å². The van der Waals surface area contributed by atoms with Gasteiger partial charge in [0.05, 0.1) is 0 Å². The Labute approximate surface area is 84.3 Å². The van der Waals surface area contributed by atoms with E-state index in [-0.39, 0.29) is 0 Å². The van der Waals surface area contributed by atoms with Crippen LogP contribution in [0.25, 0.3) is 0 Å². The lowest BCUT2D eigenvalue weighted by atomic mass is 10.2. The second-order valence-corrected chi connectivity index (χ2v) is 2.79. The van der Waals surface area contributed by atoms with E-state index in [2.05, 4.69) is 11.2 Å². The number of allylic oxidation sites excluding steroid dienone is 1. The highest BCUT2D eigenvalue weighted by atomic mass is 16.3. The monoisotopic (exact) mass is 187 g/mol. The van der Waals surface area contributed by atoms with Crippen LogP contribution < -0.4 is 5.32 Å². The summed E-state index contributed by atoms with van der Waals surface area (Å²) in [5, 5.41) is 12.5. The minimum Gasteiger partial charge on any atom is -0.374 e. The number of aliphatic hydroxyl groups is 1. The Kier molecular flexibility index (Phi) is 4.49. The molecular formula is C12H13NO. The molecule has 1 unspecified atom stereocenters. The molecule has 0 saturated heterocycles. The van der Waals surface area contributed by atoms with Gasteiger partial charge in [-0.05, 0) is 11.6 Å². The molecule has 0 bridgehead atoms. The Morgan fingerprint density at radius 2 is 2.14 bits per heavy atom. The van der Waals surface area contributed by atoms with Crippen molar-refractivity contribution >= 4 is 0 Å². The van der Waals surface area contributed by atoms with Crippen LogP contribution in [0.5, 0.6) is 0 Å². The summed E-state index contributed by atoms with van der Waals surface area (Å²) in [6, 6.07) is 9.41. The first-order valence-electron chi connectivity index (χ1n) is 4.42. The minimum atomic E-state index is -0.640. The number of nitrogens with one attached hydrogen (secondary N) is 1. The van der Waals surface area contributed by atoms with Gasteiger partial charge >= 0.3 is 0 Å². The summed E-state index contributed by atoms with van der Waals surface area (Å²) in [4.78, 5) is 0. The second-order valence-electron chi connectivity index (χ2n) is 2.79. The molecule has 2 N–H and O–H groups in total. The molecule has 1 aromatic carbocycles. The third-order valence-electron chi connectivity index (χ3n) is 1.76. The molecule has 1 atom stereocenters. The summed E-state index contributed by atoms with van der Waals surface area (Å²) in [6.45, 7) is 0.556. The van der Waals surface area contributed by atoms with Crippen molar-refractivity contribution in [3.8, 4) is 12.3 Å². The fourth-order valence-corrected chi connectivity index (χ4v) is 1.06. The van der Waals surface area contributed by atoms with E-state index in [1.165, 1.54) is 0 Å². The molecule has 0 radical (unpaired) electrons. The Hall–Kier alpha value is -1.56. The topological polar surface area (TPSA) is 32.3 Å². The lowest BCUT2D eigenvalue weighted by Crippen LogP contribution is -2.20. The predicted octanol–water partition coefficient (Wildman–Crippen LogP) is 1.46. The average molecular weight is 187 g/mol. The molecule has 1 rings (SSSR count). The zero-order valence-electron chi connectivity index (χ0n) is 7.85. The van der Waals surface area contributed by atoms with Crippen molar-refractivity contribution in [2.45, 2.75) is 6.23 Å². The van der Waals surface area contributed by atoms with Gasteiger partial charge in [-0.1, -0.05) is 42.3 Å². The Morgan fingerprint density at radius 1 is 1.43 bits per heavy atom. The normalized spacial score (nSPS) is 12.6. The van der Waals surface area contributed by atoms with Crippen molar-refractivity contribution in [1.29, 1.82) is 0 Å². The van der Waals surface area contributed by atoms with Gasteiger partial charge in [-0.2, -0.15) is 0 Å².